The fourth-order valence-corrected chi connectivity index (χ4v) is 3.86. The van der Waals surface area contributed by atoms with Gasteiger partial charge < -0.3 is 20.1 Å². The first-order valence-electron chi connectivity index (χ1n) is 10.5. The number of rotatable bonds is 7. The molecule has 2 aliphatic heterocycles. The van der Waals surface area contributed by atoms with Gasteiger partial charge in [-0.2, -0.15) is 0 Å². The Hall–Kier alpha value is -1.70. The number of hydrogen-bond acceptors (Lipinski definition) is 5. The smallest absolute Gasteiger partial charge is 0.191 e. The largest absolute Gasteiger partial charge is 0.381 e. The highest BCUT2D eigenvalue weighted by Gasteiger charge is 2.32. The second-order valence-electron chi connectivity index (χ2n) is 7.71. The van der Waals surface area contributed by atoms with Crippen LogP contribution in [0.4, 0.5) is 0 Å². The predicted octanol–water partition coefficient (Wildman–Crippen LogP) is 1.80. The van der Waals surface area contributed by atoms with Gasteiger partial charge in [-0.15, -0.1) is 0 Å². The maximum Gasteiger partial charge on any atom is 0.191 e. The second-order valence-corrected chi connectivity index (χ2v) is 7.71. The predicted molar refractivity (Wildman–Crippen MR) is 111 cm³/mol. The van der Waals surface area contributed by atoms with Gasteiger partial charge in [0.25, 0.3) is 0 Å². The topological polar surface area (TPSA) is 71.0 Å². The second kappa shape index (κ2) is 10.7. The number of nitrogens with one attached hydrogen (secondary N) is 2. The molecule has 156 valence electrons. The van der Waals surface area contributed by atoms with Gasteiger partial charge in [0.05, 0.1) is 17.8 Å². The number of guanidine groups is 1. The van der Waals surface area contributed by atoms with Crippen molar-refractivity contribution in [2.24, 2.45) is 4.99 Å². The van der Waals surface area contributed by atoms with E-state index in [1.807, 2.05) is 12.3 Å². The Kier molecular flexibility index (Phi) is 8.06. The highest BCUT2D eigenvalue weighted by molar-refractivity contribution is 5.80. The normalized spacial score (nSPS) is 21.4. The molecule has 1 aromatic heterocycles. The molecule has 3 heterocycles. The van der Waals surface area contributed by atoms with Crippen LogP contribution in [0.5, 0.6) is 0 Å². The Balaban J connectivity index is 1.49. The van der Waals surface area contributed by atoms with Crippen LogP contribution < -0.4 is 10.6 Å². The van der Waals surface area contributed by atoms with Crippen LogP contribution in [0, 0.1) is 0 Å². The van der Waals surface area contributed by atoms with Gasteiger partial charge in [0, 0.05) is 71.6 Å². The number of likely N-dealkylation sites (tertiary alicyclic amines) is 1. The van der Waals surface area contributed by atoms with E-state index in [1.165, 1.54) is 0 Å². The molecule has 2 fully saturated rings. The quantitative estimate of drug-likeness (QED) is 0.547. The van der Waals surface area contributed by atoms with Crippen molar-refractivity contribution in [3.05, 3.63) is 30.1 Å². The molecule has 0 spiro atoms. The first-order chi connectivity index (χ1) is 13.7. The van der Waals surface area contributed by atoms with Crippen LogP contribution >= 0.6 is 0 Å². The van der Waals surface area contributed by atoms with Crippen LogP contribution in [0.2, 0.25) is 0 Å². The molecule has 0 unspecified atom stereocenters. The number of piperidine rings is 1. The van der Waals surface area contributed by atoms with Gasteiger partial charge in [0.15, 0.2) is 5.96 Å². The van der Waals surface area contributed by atoms with Crippen molar-refractivity contribution in [3.8, 4) is 0 Å². The molecule has 7 heteroatoms. The molecule has 0 aliphatic carbocycles. The Morgan fingerprint density at radius 2 is 2.11 bits per heavy atom. The van der Waals surface area contributed by atoms with Crippen molar-refractivity contribution in [2.75, 3.05) is 46.5 Å². The average molecular weight is 390 g/mol. The highest BCUT2D eigenvalue weighted by Crippen LogP contribution is 2.24. The van der Waals surface area contributed by atoms with E-state index in [4.69, 9.17) is 14.5 Å². The zero-order valence-electron chi connectivity index (χ0n) is 17.3. The number of hydrogen-bond donors (Lipinski definition) is 2. The van der Waals surface area contributed by atoms with Crippen LogP contribution in [-0.2, 0) is 16.0 Å². The molecule has 1 aromatic rings. The summed E-state index contributed by atoms with van der Waals surface area (Å²) in [5.41, 5.74) is 0.956. The molecule has 0 bridgehead atoms. The Morgan fingerprint density at radius 3 is 2.75 bits per heavy atom. The molecule has 3 rings (SSSR count). The molecule has 2 saturated heterocycles. The Labute approximate surface area is 168 Å². The van der Waals surface area contributed by atoms with Gasteiger partial charge in [-0.25, -0.2) is 0 Å². The zero-order chi connectivity index (χ0) is 19.7. The molecule has 0 aromatic carbocycles. The first-order valence-corrected chi connectivity index (χ1v) is 10.5. The average Bonchev–Trinajstić information content (AvgIpc) is 2.75. The van der Waals surface area contributed by atoms with Crippen molar-refractivity contribution in [1.29, 1.82) is 0 Å². The third kappa shape index (κ3) is 6.15. The molecule has 28 heavy (non-hydrogen) atoms. The molecule has 0 amide bonds. The third-order valence-electron chi connectivity index (χ3n) is 5.75. The van der Waals surface area contributed by atoms with Gasteiger partial charge >= 0.3 is 0 Å². The van der Waals surface area contributed by atoms with Crippen LogP contribution in [0.1, 0.15) is 38.3 Å². The molecule has 0 radical (unpaired) electrons. The fraction of sp³-hybridized carbons (Fsp3) is 0.714. The van der Waals surface area contributed by atoms with Crippen molar-refractivity contribution < 1.29 is 9.47 Å². The van der Waals surface area contributed by atoms with E-state index in [0.717, 1.165) is 76.7 Å². The molecular weight excluding hydrogens is 354 g/mol. The molecule has 0 atom stereocenters. The minimum absolute atomic E-state index is 0.188. The van der Waals surface area contributed by atoms with E-state index in [-0.39, 0.29) is 5.60 Å². The number of ether oxygens (including phenoxy) is 2. The molecule has 2 aliphatic rings. The molecule has 7 nitrogen and oxygen atoms in total. The number of pyridine rings is 1. The summed E-state index contributed by atoms with van der Waals surface area (Å²) < 4.78 is 11.3. The number of methoxy groups -OCH3 is 1. The van der Waals surface area contributed by atoms with E-state index < -0.39 is 0 Å². The van der Waals surface area contributed by atoms with Gasteiger partial charge in [-0.3, -0.25) is 14.9 Å². The van der Waals surface area contributed by atoms with Crippen molar-refractivity contribution in [3.63, 3.8) is 0 Å². The third-order valence-corrected chi connectivity index (χ3v) is 5.75. The lowest BCUT2D eigenvalue weighted by Gasteiger charge is -2.35. The molecular formula is C21H35N5O2. The summed E-state index contributed by atoms with van der Waals surface area (Å²) in [6, 6.07) is 6.57. The van der Waals surface area contributed by atoms with Crippen LogP contribution in [0.25, 0.3) is 0 Å². The van der Waals surface area contributed by atoms with E-state index in [2.05, 4.69) is 39.6 Å². The fourth-order valence-electron chi connectivity index (χ4n) is 3.86. The summed E-state index contributed by atoms with van der Waals surface area (Å²) in [7, 11) is 1.79. The maximum absolute atomic E-state index is 5.81. The van der Waals surface area contributed by atoms with E-state index in [9.17, 15) is 0 Å². The van der Waals surface area contributed by atoms with Gasteiger partial charge in [-0.05, 0) is 31.9 Å². The zero-order valence-corrected chi connectivity index (χ0v) is 17.3. The standard InChI is InChI=1S/C21H35N5O2/c1-3-22-20(24-17-21(27-2)9-14-28-15-10-21)25-18-7-12-26(13-8-18)16-19-6-4-5-11-23-19/h4-6,11,18H,3,7-10,12-17H2,1-2H3,(H2,22,24,25). The summed E-state index contributed by atoms with van der Waals surface area (Å²) >= 11 is 0. The summed E-state index contributed by atoms with van der Waals surface area (Å²) in [4.78, 5) is 11.8. The molecule has 2 N–H and O–H groups in total. The van der Waals surface area contributed by atoms with E-state index >= 15 is 0 Å². The van der Waals surface area contributed by atoms with Gasteiger partial charge in [0.1, 0.15) is 0 Å². The van der Waals surface area contributed by atoms with Crippen LogP contribution in [0.3, 0.4) is 0 Å². The SMILES string of the molecule is CCNC(=NCC1(OC)CCOCC1)NC1CCN(Cc2ccccn2)CC1. The van der Waals surface area contributed by atoms with Crippen molar-refractivity contribution in [1.82, 2.24) is 20.5 Å². The van der Waals surface area contributed by atoms with Gasteiger partial charge in [-0.1, -0.05) is 6.07 Å². The minimum Gasteiger partial charge on any atom is -0.381 e. The molecule has 0 saturated carbocycles. The van der Waals surface area contributed by atoms with Crippen molar-refractivity contribution >= 4 is 5.96 Å². The monoisotopic (exact) mass is 389 g/mol. The van der Waals surface area contributed by atoms with Crippen molar-refractivity contribution in [2.45, 2.75) is 50.8 Å². The summed E-state index contributed by atoms with van der Waals surface area (Å²) in [6.45, 7) is 8.21. The Morgan fingerprint density at radius 1 is 1.32 bits per heavy atom. The summed E-state index contributed by atoms with van der Waals surface area (Å²) in [5.74, 6) is 0.897. The number of aliphatic imine (C=N–C) groups is 1. The number of nitrogens with zero attached hydrogens (tertiary/aromatic N) is 3. The van der Waals surface area contributed by atoms with Crippen LogP contribution in [0.15, 0.2) is 29.4 Å². The van der Waals surface area contributed by atoms with E-state index in [1.54, 1.807) is 7.11 Å². The Bertz CT molecular complexity index is 596. The lowest BCUT2D eigenvalue weighted by molar-refractivity contribution is -0.0828. The minimum atomic E-state index is -0.188. The number of aromatic nitrogens is 1. The maximum atomic E-state index is 5.81. The van der Waals surface area contributed by atoms with Crippen LogP contribution in [-0.4, -0.2) is 74.0 Å². The van der Waals surface area contributed by atoms with E-state index in [0.29, 0.717) is 12.6 Å². The summed E-state index contributed by atoms with van der Waals surface area (Å²) in [5, 5.41) is 7.02. The summed E-state index contributed by atoms with van der Waals surface area (Å²) in [6.07, 6.45) is 5.89. The first kappa shape index (κ1) is 21.0. The highest BCUT2D eigenvalue weighted by atomic mass is 16.5. The lowest BCUT2D eigenvalue weighted by Crippen LogP contribution is -2.49. The lowest BCUT2D eigenvalue weighted by atomic mass is 9.94. The van der Waals surface area contributed by atoms with Gasteiger partial charge in [0.2, 0.25) is 0 Å².